The summed E-state index contributed by atoms with van der Waals surface area (Å²) >= 11 is 1.70. The van der Waals surface area contributed by atoms with E-state index in [2.05, 4.69) is 23.8 Å². The van der Waals surface area contributed by atoms with Gasteiger partial charge in [0, 0.05) is 6.54 Å². The Morgan fingerprint density at radius 3 is 2.57 bits per heavy atom. The van der Waals surface area contributed by atoms with Crippen LogP contribution in [0.2, 0.25) is 0 Å². The maximum absolute atomic E-state index is 12.6. The average Bonchev–Trinajstić information content (AvgIpc) is 2.86. The van der Waals surface area contributed by atoms with Gasteiger partial charge in [-0.25, -0.2) is 9.37 Å². The van der Waals surface area contributed by atoms with Crippen LogP contribution in [0.5, 0.6) is 0 Å². The van der Waals surface area contributed by atoms with Crippen LogP contribution >= 0.6 is 11.3 Å². The van der Waals surface area contributed by atoms with Crippen LogP contribution in [0.3, 0.4) is 0 Å². The summed E-state index contributed by atoms with van der Waals surface area (Å²) in [4.78, 5) is 16.8. The molecule has 1 amide bonds. The smallest absolute Gasteiger partial charge is 0.279 e. The van der Waals surface area contributed by atoms with E-state index in [1.165, 1.54) is 4.88 Å². The number of aryl methyl sites for hydroxylation is 2. The summed E-state index contributed by atoms with van der Waals surface area (Å²) in [7, 11) is 0. The van der Waals surface area contributed by atoms with Crippen LogP contribution in [0, 0.1) is 6.92 Å². The lowest BCUT2D eigenvalue weighted by atomic mass is 10.1. The molecule has 2 aromatic rings. The number of nitrogens with zero attached hydrogens (tertiary/aromatic N) is 1. The fourth-order valence-corrected chi connectivity index (χ4v) is 2.93. The van der Waals surface area contributed by atoms with E-state index in [4.69, 9.17) is 0 Å². The van der Waals surface area contributed by atoms with Gasteiger partial charge in [0.15, 0.2) is 5.83 Å². The van der Waals surface area contributed by atoms with Crippen molar-refractivity contribution in [2.24, 2.45) is 0 Å². The van der Waals surface area contributed by atoms with Crippen molar-refractivity contribution in [2.75, 3.05) is 0 Å². The largest absolute Gasteiger partial charge is 0.346 e. The van der Waals surface area contributed by atoms with Gasteiger partial charge in [0.25, 0.3) is 5.91 Å². The zero-order chi connectivity index (χ0) is 15.4. The number of hydrogen-bond donors (Lipinski definition) is 1. The first-order valence-corrected chi connectivity index (χ1v) is 7.51. The number of carbonyl (C=O) groups is 1. The summed E-state index contributed by atoms with van der Waals surface area (Å²) in [6.07, 6.45) is 0.933. The van der Waals surface area contributed by atoms with E-state index < -0.39 is 11.7 Å². The third kappa shape index (κ3) is 3.76. The molecule has 0 saturated carbocycles. The summed E-state index contributed by atoms with van der Waals surface area (Å²) in [5.41, 5.74) is 3.05. The molecular weight excluding hydrogens is 287 g/mol. The van der Waals surface area contributed by atoms with Gasteiger partial charge in [0.2, 0.25) is 0 Å². The van der Waals surface area contributed by atoms with Gasteiger partial charge in [0.05, 0.1) is 15.6 Å². The minimum absolute atomic E-state index is 0.282. The van der Waals surface area contributed by atoms with Crippen LogP contribution in [-0.2, 0) is 17.8 Å². The van der Waals surface area contributed by atoms with Gasteiger partial charge in [-0.05, 0) is 24.5 Å². The Kier molecular flexibility index (Phi) is 4.85. The Hall–Kier alpha value is -2.01. The maximum atomic E-state index is 12.6. The van der Waals surface area contributed by atoms with E-state index in [1.54, 1.807) is 11.3 Å². The first-order valence-electron chi connectivity index (χ1n) is 6.69. The lowest BCUT2D eigenvalue weighted by molar-refractivity contribution is -0.119. The van der Waals surface area contributed by atoms with Crippen LogP contribution in [0.25, 0.3) is 10.4 Å². The van der Waals surface area contributed by atoms with Crippen molar-refractivity contribution in [2.45, 2.75) is 26.8 Å². The highest BCUT2D eigenvalue weighted by Gasteiger charge is 2.09. The van der Waals surface area contributed by atoms with Crippen molar-refractivity contribution >= 4 is 17.2 Å². The number of benzene rings is 1. The first kappa shape index (κ1) is 15.4. The van der Waals surface area contributed by atoms with Crippen molar-refractivity contribution < 1.29 is 9.18 Å². The summed E-state index contributed by atoms with van der Waals surface area (Å²) in [6, 6.07) is 7.82. The SMILES string of the molecule is C=C(F)C(=O)NCc1ccc(-c2sc(CC)nc2C)cc1. The van der Waals surface area contributed by atoms with Gasteiger partial charge in [-0.3, -0.25) is 4.79 Å². The summed E-state index contributed by atoms with van der Waals surface area (Å²) in [6.45, 7) is 7.33. The molecule has 1 aromatic heterocycles. The molecule has 0 aliphatic carbocycles. The van der Waals surface area contributed by atoms with Crippen molar-refractivity contribution in [1.29, 1.82) is 0 Å². The predicted molar refractivity (Wildman–Crippen MR) is 83.8 cm³/mol. The molecule has 2 rings (SSSR count). The van der Waals surface area contributed by atoms with Gasteiger partial charge in [-0.1, -0.05) is 37.8 Å². The molecule has 5 heteroatoms. The lowest BCUT2D eigenvalue weighted by Gasteiger charge is -2.05. The molecule has 0 saturated heterocycles. The first-order chi connectivity index (χ1) is 10.0. The number of carbonyl (C=O) groups excluding carboxylic acids is 1. The quantitative estimate of drug-likeness (QED) is 0.854. The van der Waals surface area contributed by atoms with Crippen LogP contribution in [0.15, 0.2) is 36.7 Å². The number of nitrogens with one attached hydrogen (secondary N) is 1. The average molecular weight is 304 g/mol. The highest BCUT2D eigenvalue weighted by atomic mass is 32.1. The van der Waals surface area contributed by atoms with Gasteiger partial charge >= 0.3 is 0 Å². The molecule has 0 bridgehead atoms. The second kappa shape index (κ2) is 6.63. The Morgan fingerprint density at radius 2 is 2.05 bits per heavy atom. The molecular formula is C16H17FN2OS. The summed E-state index contributed by atoms with van der Waals surface area (Å²) in [5.74, 6) is -1.75. The number of aromatic nitrogens is 1. The lowest BCUT2D eigenvalue weighted by Crippen LogP contribution is -2.22. The van der Waals surface area contributed by atoms with E-state index in [0.29, 0.717) is 0 Å². The zero-order valence-electron chi connectivity index (χ0n) is 12.1. The number of hydrogen-bond acceptors (Lipinski definition) is 3. The van der Waals surface area contributed by atoms with E-state index in [-0.39, 0.29) is 6.54 Å². The molecule has 0 unspecified atom stereocenters. The molecule has 0 atom stereocenters. The van der Waals surface area contributed by atoms with Crippen molar-refractivity contribution in [3.63, 3.8) is 0 Å². The molecule has 0 fully saturated rings. The normalized spacial score (nSPS) is 10.4. The van der Waals surface area contributed by atoms with Gasteiger partial charge in [0.1, 0.15) is 0 Å². The third-order valence-corrected chi connectivity index (χ3v) is 4.41. The fraction of sp³-hybridized carbons (Fsp3) is 0.250. The van der Waals surface area contributed by atoms with E-state index >= 15 is 0 Å². The predicted octanol–water partition coefficient (Wildman–Crippen LogP) is 3.78. The highest BCUT2D eigenvalue weighted by molar-refractivity contribution is 7.15. The molecule has 0 radical (unpaired) electrons. The second-order valence-electron chi connectivity index (χ2n) is 4.66. The second-order valence-corrected chi connectivity index (χ2v) is 5.74. The molecule has 1 N–H and O–H groups in total. The Morgan fingerprint density at radius 1 is 1.38 bits per heavy atom. The molecule has 0 aliphatic heterocycles. The minimum Gasteiger partial charge on any atom is -0.346 e. The Balaban J connectivity index is 2.09. The van der Waals surface area contributed by atoms with Crippen molar-refractivity contribution in [3.05, 3.63) is 52.9 Å². The monoisotopic (exact) mass is 304 g/mol. The van der Waals surface area contributed by atoms with E-state index in [1.807, 2.05) is 31.2 Å². The zero-order valence-corrected chi connectivity index (χ0v) is 12.9. The third-order valence-electron chi connectivity index (χ3n) is 3.06. The van der Waals surface area contributed by atoms with Crippen LogP contribution in [-0.4, -0.2) is 10.9 Å². The Bertz CT molecular complexity index is 661. The van der Waals surface area contributed by atoms with Crippen LogP contribution < -0.4 is 5.32 Å². The molecule has 0 spiro atoms. The standard InChI is InChI=1S/C16H17FN2OS/c1-4-14-19-11(3)15(21-14)13-7-5-12(6-8-13)9-18-16(20)10(2)17/h5-8H,2,4,9H2,1,3H3,(H,18,20). The summed E-state index contributed by atoms with van der Waals surface area (Å²) < 4.78 is 12.6. The number of rotatable bonds is 5. The molecule has 110 valence electrons. The van der Waals surface area contributed by atoms with Crippen molar-refractivity contribution in [3.8, 4) is 10.4 Å². The van der Waals surface area contributed by atoms with E-state index in [9.17, 15) is 9.18 Å². The fourth-order valence-electron chi connectivity index (χ4n) is 1.92. The van der Waals surface area contributed by atoms with Gasteiger partial charge in [-0.2, -0.15) is 0 Å². The maximum Gasteiger partial charge on any atom is 0.279 e. The topological polar surface area (TPSA) is 42.0 Å². The van der Waals surface area contributed by atoms with Gasteiger partial charge in [-0.15, -0.1) is 11.3 Å². The van der Waals surface area contributed by atoms with Crippen molar-refractivity contribution in [1.82, 2.24) is 10.3 Å². The highest BCUT2D eigenvalue weighted by Crippen LogP contribution is 2.30. The molecule has 1 aromatic carbocycles. The van der Waals surface area contributed by atoms with E-state index in [0.717, 1.165) is 28.2 Å². The number of halogens is 1. The minimum atomic E-state index is -0.973. The van der Waals surface area contributed by atoms with Gasteiger partial charge < -0.3 is 5.32 Å². The molecule has 3 nitrogen and oxygen atoms in total. The van der Waals surface area contributed by atoms with Crippen LogP contribution in [0.1, 0.15) is 23.2 Å². The number of amides is 1. The molecule has 21 heavy (non-hydrogen) atoms. The van der Waals surface area contributed by atoms with Crippen LogP contribution in [0.4, 0.5) is 4.39 Å². The number of thiazole rings is 1. The molecule has 1 heterocycles. The summed E-state index contributed by atoms with van der Waals surface area (Å²) in [5, 5.41) is 3.58. The molecule has 0 aliphatic rings. The Labute approximate surface area is 127 Å².